The zero-order valence-electron chi connectivity index (χ0n) is 14.4. The van der Waals surface area contributed by atoms with Crippen molar-refractivity contribution in [2.24, 2.45) is 5.73 Å². The molecule has 0 heterocycles. The van der Waals surface area contributed by atoms with Gasteiger partial charge in [-0.15, -0.1) is 0 Å². The Morgan fingerprint density at radius 3 is 2.42 bits per heavy atom. The summed E-state index contributed by atoms with van der Waals surface area (Å²) >= 11 is 0. The largest absolute Gasteiger partial charge is 0.480 e. The fourth-order valence-electron chi connectivity index (χ4n) is 2.22. The van der Waals surface area contributed by atoms with Gasteiger partial charge in [-0.3, -0.25) is 24.5 Å². The second-order valence-electron chi connectivity index (χ2n) is 5.75. The van der Waals surface area contributed by atoms with Gasteiger partial charge in [0.2, 0.25) is 5.91 Å². The number of nitrogens with zero attached hydrogens (tertiary/aromatic N) is 2. The van der Waals surface area contributed by atoms with Crippen LogP contribution in [0.4, 0.5) is 5.69 Å². The average molecular weight is 366 g/mol. The molecule has 0 saturated carbocycles. The smallest absolute Gasteiger partial charge is 0.323 e. The highest BCUT2D eigenvalue weighted by Gasteiger charge is 2.19. The van der Waals surface area contributed by atoms with E-state index >= 15 is 0 Å². The number of hydrogen-bond donors (Lipinski definition) is 3. The molecular weight excluding hydrogens is 344 g/mol. The summed E-state index contributed by atoms with van der Waals surface area (Å²) in [6.45, 7) is -0.0421. The van der Waals surface area contributed by atoms with Gasteiger partial charge in [0, 0.05) is 31.3 Å². The third kappa shape index (κ3) is 6.85. The average Bonchev–Trinajstić information content (AvgIpc) is 2.59. The number of hydrogen-bond acceptors (Lipinski definition) is 6. The Labute approximate surface area is 150 Å². The van der Waals surface area contributed by atoms with Gasteiger partial charge in [0.15, 0.2) is 0 Å². The van der Waals surface area contributed by atoms with E-state index in [2.05, 4.69) is 5.32 Å². The van der Waals surface area contributed by atoms with Crippen LogP contribution in [-0.2, 0) is 9.59 Å². The molecule has 1 aromatic rings. The fourth-order valence-corrected chi connectivity index (χ4v) is 2.22. The monoisotopic (exact) mass is 366 g/mol. The van der Waals surface area contributed by atoms with Crippen molar-refractivity contribution in [3.63, 3.8) is 0 Å². The van der Waals surface area contributed by atoms with Gasteiger partial charge < -0.3 is 21.1 Å². The van der Waals surface area contributed by atoms with Crippen molar-refractivity contribution in [3.8, 4) is 0 Å². The molecule has 0 radical (unpaired) electrons. The van der Waals surface area contributed by atoms with Gasteiger partial charge >= 0.3 is 5.97 Å². The summed E-state index contributed by atoms with van der Waals surface area (Å²) in [6, 6.07) is 4.48. The maximum absolute atomic E-state index is 11.9. The van der Waals surface area contributed by atoms with E-state index in [0.717, 1.165) is 4.90 Å². The predicted octanol–water partition coefficient (Wildman–Crippen LogP) is 0.365. The number of carboxylic acid groups (broad SMARTS) is 1. The summed E-state index contributed by atoms with van der Waals surface area (Å²) in [5, 5.41) is 21.9. The van der Waals surface area contributed by atoms with Crippen molar-refractivity contribution in [3.05, 3.63) is 39.9 Å². The van der Waals surface area contributed by atoms with Crippen LogP contribution in [0.1, 0.15) is 29.6 Å². The van der Waals surface area contributed by atoms with Gasteiger partial charge in [0.25, 0.3) is 11.6 Å². The lowest BCUT2D eigenvalue weighted by atomic mass is 10.1. The standard InChI is InChI=1S/C16H22N4O6/c1-19(10-14(21)22)16(24)13(17)4-2-3-9-18-15(23)11-5-7-12(8-6-11)20(25)26/h5-8,13H,2-4,9-10,17H2,1H3,(H,18,23)(H,21,22)/t13-/m0/s1. The first-order valence-corrected chi connectivity index (χ1v) is 7.97. The molecule has 0 fully saturated rings. The van der Waals surface area contributed by atoms with Crippen molar-refractivity contribution < 1.29 is 24.4 Å². The molecule has 1 aromatic carbocycles. The maximum atomic E-state index is 11.9. The number of rotatable bonds is 10. The number of carboxylic acids is 1. The molecule has 0 aliphatic rings. The number of aliphatic carboxylic acids is 1. The molecule has 0 aromatic heterocycles. The van der Waals surface area contributed by atoms with E-state index in [1.165, 1.54) is 31.3 Å². The Morgan fingerprint density at radius 1 is 1.27 bits per heavy atom. The molecule has 2 amide bonds. The highest BCUT2D eigenvalue weighted by molar-refractivity contribution is 5.94. The predicted molar refractivity (Wildman–Crippen MR) is 92.5 cm³/mol. The normalized spacial score (nSPS) is 11.5. The maximum Gasteiger partial charge on any atom is 0.323 e. The summed E-state index contributed by atoms with van der Waals surface area (Å²) in [6.07, 6.45) is 1.53. The molecule has 0 aliphatic carbocycles. The summed E-state index contributed by atoms with van der Waals surface area (Å²) < 4.78 is 0. The molecule has 4 N–H and O–H groups in total. The molecule has 1 rings (SSSR count). The topological polar surface area (TPSA) is 156 Å². The van der Waals surface area contributed by atoms with Gasteiger partial charge in [-0.05, 0) is 31.4 Å². The molecule has 26 heavy (non-hydrogen) atoms. The molecule has 1 atom stereocenters. The first-order valence-electron chi connectivity index (χ1n) is 7.97. The molecule has 0 saturated heterocycles. The summed E-state index contributed by atoms with van der Waals surface area (Å²) in [5.74, 6) is -1.90. The van der Waals surface area contributed by atoms with Crippen molar-refractivity contribution in [1.29, 1.82) is 0 Å². The number of unbranched alkanes of at least 4 members (excludes halogenated alkanes) is 1. The lowest BCUT2D eigenvalue weighted by molar-refractivity contribution is -0.384. The molecule has 0 bridgehead atoms. The minimum atomic E-state index is -1.11. The van der Waals surface area contributed by atoms with E-state index in [1.807, 2.05) is 0 Å². The van der Waals surface area contributed by atoms with Gasteiger partial charge in [-0.1, -0.05) is 0 Å². The van der Waals surface area contributed by atoms with Crippen LogP contribution < -0.4 is 11.1 Å². The van der Waals surface area contributed by atoms with E-state index < -0.39 is 29.4 Å². The van der Waals surface area contributed by atoms with Gasteiger partial charge in [-0.25, -0.2) is 0 Å². The summed E-state index contributed by atoms with van der Waals surface area (Å²) in [5.41, 5.74) is 5.97. The Balaban J connectivity index is 2.29. The number of amides is 2. The molecule has 10 nitrogen and oxygen atoms in total. The van der Waals surface area contributed by atoms with E-state index in [-0.39, 0.29) is 11.6 Å². The third-order valence-corrected chi connectivity index (χ3v) is 3.63. The van der Waals surface area contributed by atoms with Crippen LogP contribution in [0.2, 0.25) is 0 Å². The second kappa shape index (κ2) is 10.1. The quantitative estimate of drug-likeness (QED) is 0.307. The highest BCUT2D eigenvalue weighted by Crippen LogP contribution is 2.11. The van der Waals surface area contributed by atoms with Crippen LogP contribution in [-0.4, -0.2) is 58.9 Å². The van der Waals surface area contributed by atoms with Gasteiger partial charge in [0.05, 0.1) is 11.0 Å². The van der Waals surface area contributed by atoms with E-state index in [1.54, 1.807) is 0 Å². The van der Waals surface area contributed by atoms with Gasteiger partial charge in [0.1, 0.15) is 6.54 Å². The lowest BCUT2D eigenvalue weighted by Crippen LogP contribution is -2.43. The number of carbonyl (C=O) groups excluding carboxylic acids is 2. The molecule has 142 valence electrons. The van der Waals surface area contributed by atoms with E-state index in [9.17, 15) is 24.5 Å². The molecule has 0 aliphatic heterocycles. The van der Waals surface area contributed by atoms with Crippen molar-refractivity contribution in [1.82, 2.24) is 10.2 Å². The third-order valence-electron chi connectivity index (χ3n) is 3.63. The second-order valence-corrected chi connectivity index (χ2v) is 5.75. The Kier molecular flexibility index (Phi) is 8.16. The lowest BCUT2D eigenvalue weighted by Gasteiger charge is -2.19. The van der Waals surface area contributed by atoms with E-state index in [4.69, 9.17) is 10.8 Å². The summed E-state index contributed by atoms with van der Waals surface area (Å²) in [7, 11) is 1.38. The first-order chi connectivity index (χ1) is 12.2. The van der Waals surface area contributed by atoms with Crippen LogP contribution in [0.25, 0.3) is 0 Å². The van der Waals surface area contributed by atoms with E-state index in [0.29, 0.717) is 31.4 Å². The minimum Gasteiger partial charge on any atom is -0.480 e. The molecule has 10 heteroatoms. The number of nitrogens with two attached hydrogens (primary N) is 1. The first kappa shape index (κ1) is 21.0. The SMILES string of the molecule is CN(CC(=O)O)C(=O)[C@@H](N)CCCCNC(=O)c1ccc([N+](=O)[O-])cc1. The number of nitro groups is 1. The van der Waals surface area contributed by atoms with Crippen LogP contribution in [0, 0.1) is 10.1 Å². The fraction of sp³-hybridized carbons (Fsp3) is 0.438. The van der Waals surface area contributed by atoms with Crippen molar-refractivity contribution in [2.45, 2.75) is 25.3 Å². The zero-order chi connectivity index (χ0) is 19.7. The van der Waals surface area contributed by atoms with Crippen LogP contribution in [0.3, 0.4) is 0 Å². The molecular formula is C16H22N4O6. The number of benzene rings is 1. The number of nitrogens with one attached hydrogen (secondary N) is 1. The minimum absolute atomic E-state index is 0.0897. The van der Waals surface area contributed by atoms with Gasteiger partial charge in [-0.2, -0.15) is 0 Å². The number of nitro benzene ring substituents is 1. The summed E-state index contributed by atoms with van der Waals surface area (Å²) in [4.78, 5) is 45.4. The highest BCUT2D eigenvalue weighted by atomic mass is 16.6. The number of non-ortho nitro benzene ring substituents is 1. The van der Waals surface area contributed by atoms with Crippen molar-refractivity contribution in [2.75, 3.05) is 20.1 Å². The van der Waals surface area contributed by atoms with Crippen LogP contribution in [0.15, 0.2) is 24.3 Å². The van der Waals surface area contributed by atoms with Crippen molar-refractivity contribution >= 4 is 23.5 Å². The zero-order valence-corrected chi connectivity index (χ0v) is 14.4. The Bertz CT molecular complexity index is 661. The van der Waals surface area contributed by atoms with Crippen LogP contribution in [0.5, 0.6) is 0 Å². The Morgan fingerprint density at radius 2 is 1.88 bits per heavy atom. The molecule has 0 spiro atoms. The molecule has 0 unspecified atom stereocenters. The number of likely N-dealkylation sites (N-methyl/N-ethyl adjacent to an activating group) is 1. The van der Waals surface area contributed by atoms with Crippen LogP contribution >= 0.6 is 0 Å². The number of carbonyl (C=O) groups is 3. The Hall–Kier alpha value is -3.01.